The number of primary amides is 1. The van der Waals surface area contributed by atoms with E-state index in [1.165, 1.54) is 18.2 Å². The van der Waals surface area contributed by atoms with Gasteiger partial charge in [-0.05, 0) is 36.4 Å². The van der Waals surface area contributed by atoms with E-state index in [0.717, 1.165) is 4.47 Å². The first kappa shape index (κ1) is 15.9. The summed E-state index contributed by atoms with van der Waals surface area (Å²) in [5.74, 6) is -1.20. The number of halogens is 1. The second-order valence-electron chi connectivity index (χ2n) is 4.91. The summed E-state index contributed by atoms with van der Waals surface area (Å²) in [6.45, 7) is 0. The lowest BCUT2D eigenvalue weighted by Gasteiger charge is -2.06. The standard InChI is InChI=1S/C17H10BrNO5/c18-11-3-1-2-10(6-11)16(21)23-12-5-4-9-7-13(15(19)20)17(22)24-14(9)8-12/h1-8H,(H2,19,20). The summed E-state index contributed by atoms with van der Waals surface area (Å²) >= 11 is 3.28. The molecule has 0 saturated heterocycles. The summed E-state index contributed by atoms with van der Waals surface area (Å²) in [4.78, 5) is 35.0. The molecule has 0 saturated carbocycles. The second kappa shape index (κ2) is 6.29. The number of rotatable bonds is 3. The molecule has 0 unspecified atom stereocenters. The Labute approximate surface area is 144 Å². The maximum absolute atomic E-state index is 12.1. The highest BCUT2D eigenvalue weighted by Gasteiger charge is 2.13. The van der Waals surface area contributed by atoms with Crippen LogP contribution in [0.3, 0.4) is 0 Å². The minimum Gasteiger partial charge on any atom is -0.423 e. The van der Waals surface area contributed by atoms with E-state index in [1.807, 2.05) is 0 Å². The quantitative estimate of drug-likeness (QED) is 0.423. The normalized spacial score (nSPS) is 10.5. The van der Waals surface area contributed by atoms with Crippen LogP contribution in [0.2, 0.25) is 0 Å². The molecule has 0 aliphatic carbocycles. The van der Waals surface area contributed by atoms with Crippen molar-refractivity contribution in [2.24, 2.45) is 5.73 Å². The molecule has 0 atom stereocenters. The van der Waals surface area contributed by atoms with Crippen molar-refractivity contribution >= 4 is 38.8 Å². The molecule has 0 fully saturated rings. The van der Waals surface area contributed by atoms with Crippen LogP contribution in [0, 0.1) is 0 Å². The smallest absolute Gasteiger partial charge is 0.349 e. The van der Waals surface area contributed by atoms with Gasteiger partial charge in [0.05, 0.1) is 5.56 Å². The molecule has 2 aromatic carbocycles. The van der Waals surface area contributed by atoms with Crippen molar-refractivity contribution < 1.29 is 18.7 Å². The molecule has 3 rings (SSSR count). The minimum absolute atomic E-state index is 0.185. The molecule has 24 heavy (non-hydrogen) atoms. The summed E-state index contributed by atoms with van der Waals surface area (Å²) in [7, 11) is 0. The number of carbonyl (C=O) groups is 2. The predicted molar refractivity (Wildman–Crippen MR) is 90.1 cm³/mol. The fourth-order valence-electron chi connectivity index (χ4n) is 2.11. The number of ether oxygens (including phenoxy) is 1. The molecule has 3 aromatic rings. The molecule has 0 radical (unpaired) electrons. The van der Waals surface area contributed by atoms with Crippen LogP contribution in [-0.2, 0) is 0 Å². The van der Waals surface area contributed by atoms with Crippen LogP contribution in [0.1, 0.15) is 20.7 Å². The van der Waals surface area contributed by atoms with Gasteiger partial charge < -0.3 is 14.9 Å². The Morgan fingerprint density at radius 1 is 1.08 bits per heavy atom. The molecule has 1 aromatic heterocycles. The highest BCUT2D eigenvalue weighted by atomic mass is 79.9. The zero-order valence-corrected chi connectivity index (χ0v) is 13.7. The molecule has 120 valence electrons. The molecule has 1 heterocycles. The number of carbonyl (C=O) groups excluding carboxylic acids is 2. The zero-order chi connectivity index (χ0) is 17.3. The van der Waals surface area contributed by atoms with Crippen molar-refractivity contribution in [2.45, 2.75) is 0 Å². The fourth-order valence-corrected chi connectivity index (χ4v) is 2.51. The lowest BCUT2D eigenvalue weighted by molar-refractivity contribution is 0.0734. The van der Waals surface area contributed by atoms with E-state index in [0.29, 0.717) is 10.9 Å². The summed E-state index contributed by atoms with van der Waals surface area (Å²) in [5, 5.41) is 0.491. The van der Waals surface area contributed by atoms with Gasteiger partial charge in [-0.1, -0.05) is 22.0 Å². The van der Waals surface area contributed by atoms with Crippen LogP contribution < -0.4 is 16.1 Å². The average molecular weight is 388 g/mol. The summed E-state index contributed by atoms with van der Waals surface area (Å²) in [6.07, 6.45) is 0. The monoisotopic (exact) mass is 387 g/mol. The molecule has 7 heteroatoms. The van der Waals surface area contributed by atoms with Gasteiger partial charge >= 0.3 is 11.6 Å². The minimum atomic E-state index is -0.865. The number of nitrogens with two attached hydrogens (primary N) is 1. The van der Waals surface area contributed by atoms with E-state index < -0.39 is 17.5 Å². The maximum Gasteiger partial charge on any atom is 0.349 e. The Morgan fingerprint density at radius 2 is 1.88 bits per heavy atom. The SMILES string of the molecule is NC(=O)c1cc2ccc(OC(=O)c3cccc(Br)c3)cc2oc1=O. The molecule has 0 spiro atoms. The molecule has 1 amide bonds. The van der Waals surface area contributed by atoms with Crippen molar-refractivity contribution in [3.63, 3.8) is 0 Å². The highest BCUT2D eigenvalue weighted by Crippen LogP contribution is 2.22. The van der Waals surface area contributed by atoms with Crippen LogP contribution in [0.4, 0.5) is 0 Å². The lowest BCUT2D eigenvalue weighted by Crippen LogP contribution is -2.20. The van der Waals surface area contributed by atoms with Crippen LogP contribution in [0.5, 0.6) is 5.75 Å². The Bertz CT molecular complexity index is 1020. The van der Waals surface area contributed by atoms with Gasteiger partial charge in [-0.3, -0.25) is 4.79 Å². The summed E-state index contributed by atoms with van der Waals surface area (Å²) in [6, 6.07) is 12.6. The van der Waals surface area contributed by atoms with Crippen molar-refractivity contribution in [3.8, 4) is 5.75 Å². The number of esters is 1. The van der Waals surface area contributed by atoms with Gasteiger partial charge in [0.15, 0.2) is 0 Å². The van der Waals surface area contributed by atoms with Gasteiger partial charge in [0.25, 0.3) is 5.91 Å². The number of fused-ring (bicyclic) bond motifs is 1. The van der Waals surface area contributed by atoms with Gasteiger partial charge in [0, 0.05) is 15.9 Å². The molecule has 0 bridgehead atoms. The topological polar surface area (TPSA) is 99.6 Å². The third kappa shape index (κ3) is 3.21. The van der Waals surface area contributed by atoms with E-state index in [9.17, 15) is 14.4 Å². The third-order valence-electron chi connectivity index (χ3n) is 3.24. The predicted octanol–water partition coefficient (Wildman–Crippen LogP) is 2.87. The van der Waals surface area contributed by atoms with E-state index in [2.05, 4.69) is 15.9 Å². The maximum atomic E-state index is 12.1. The largest absolute Gasteiger partial charge is 0.423 e. The molecule has 2 N–H and O–H groups in total. The van der Waals surface area contributed by atoms with Crippen LogP contribution in [0.15, 0.2) is 62.2 Å². The van der Waals surface area contributed by atoms with Crippen molar-refractivity contribution in [3.05, 3.63) is 74.6 Å². The molecule has 6 nitrogen and oxygen atoms in total. The van der Waals surface area contributed by atoms with Crippen molar-refractivity contribution in [1.82, 2.24) is 0 Å². The van der Waals surface area contributed by atoms with Crippen molar-refractivity contribution in [1.29, 1.82) is 0 Å². The molecular formula is C17H10BrNO5. The third-order valence-corrected chi connectivity index (χ3v) is 3.74. The van der Waals surface area contributed by atoms with Crippen LogP contribution in [-0.4, -0.2) is 11.9 Å². The second-order valence-corrected chi connectivity index (χ2v) is 5.83. The Balaban J connectivity index is 1.93. The molecular weight excluding hydrogens is 378 g/mol. The van der Waals surface area contributed by atoms with Crippen LogP contribution >= 0.6 is 15.9 Å². The number of hydrogen-bond acceptors (Lipinski definition) is 5. The summed E-state index contributed by atoms with van der Waals surface area (Å²) in [5.41, 5.74) is 4.58. The van der Waals surface area contributed by atoms with Gasteiger partial charge in [0.1, 0.15) is 16.9 Å². The molecule has 0 aliphatic rings. The van der Waals surface area contributed by atoms with Crippen molar-refractivity contribution in [2.75, 3.05) is 0 Å². The van der Waals surface area contributed by atoms with Gasteiger partial charge in [-0.2, -0.15) is 0 Å². The van der Waals surface area contributed by atoms with E-state index in [-0.39, 0.29) is 16.9 Å². The van der Waals surface area contributed by atoms with Gasteiger partial charge in [-0.15, -0.1) is 0 Å². The number of hydrogen-bond donors (Lipinski definition) is 1. The Morgan fingerprint density at radius 3 is 2.58 bits per heavy atom. The number of amides is 1. The first-order chi connectivity index (χ1) is 11.4. The summed E-state index contributed by atoms with van der Waals surface area (Å²) < 4.78 is 11.1. The molecule has 0 aliphatic heterocycles. The average Bonchev–Trinajstić information content (AvgIpc) is 2.53. The van der Waals surface area contributed by atoms with E-state index in [4.69, 9.17) is 14.9 Å². The Hall–Kier alpha value is -2.93. The Kier molecular flexibility index (Phi) is 4.18. The zero-order valence-electron chi connectivity index (χ0n) is 12.1. The highest BCUT2D eigenvalue weighted by molar-refractivity contribution is 9.10. The van der Waals surface area contributed by atoms with E-state index >= 15 is 0 Å². The fraction of sp³-hybridized carbons (Fsp3) is 0. The van der Waals surface area contributed by atoms with Crippen LogP contribution in [0.25, 0.3) is 11.0 Å². The number of benzene rings is 2. The van der Waals surface area contributed by atoms with E-state index in [1.54, 1.807) is 30.3 Å². The van der Waals surface area contributed by atoms with Gasteiger partial charge in [-0.25, -0.2) is 9.59 Å². The lowest BCUT2D eigenvalue weighted by atomic mass is 10.1. The first-order valence-electron chi connectivity index (χ1n) is 6.79. The first-order valence-corrected chi connectivity index (χ1v) is 7.59. The van der Waals surface area contributed by atoms with Gasteiger partial charge in [0.2, 0.25) is 0 Å².